The molecule has 2 aromatic rings. The van der Waals surface area contributed by atoms with Crippen LogP contribution in [-0.4, -0.2) is 20.1 Å². The van der Waals surface area contributed by atoms with Crippen LogP contribution in [0.1, 0.15) is 21.9 Å². The summed E-state index contributed by atoms with van der Waals surface area (Å²) >= 11 is 0. The van der Waals surface area contributed by atoms with Gasteiger partial charge in [-0.1, -0.05) is 0 Å². The second-order valence-electron chi connectivity index (χ2n) is 4.27. The number of furan rings is 1. The Morgan fingerprint density at radius 2 is 2.00 bits per heavy atom. The van der Waals surface area contributed by atoms with Gasteiger partial charge in [0.25, 0.3) is 5.91 Å². The molecular formula is C15H17NO4. The van der Waals surface area contributed by atoms with Gasteiger partial charge in [-0.3, -0.25) is 4.79 Å². The molecule has 0 fully saturated rings. The third-order valence-corrected chi connectivity index (χ3v) is 2.89. The van der Waals surface area contributed by atoms with E-state index < -0.39 is 0 Å². The number of ether oxygens (including phenoxy) is 2. The van der Waals surface area contributed by atoms with Crippen LogP contribution in [0.15, 0.2) is 34.7 Å². The number of aryl methyl sites for hydroxylation is 1. The van der Waals surface area contributed by atoms with Crippen LogP contribution in [0.5, 0.6) is 11.5 Å². The molecule has 1 N–H and O–H groups in total. The molecule has 5 nitrogen and oxygen atoms in total. The average molecular weight is 275 g/mol. The summed E-state index contributed by atoms with van der Waals surface area (Å²) in [6.45, 7) is 2.13. The van der Waals surface area contributed by atoms with E-state index in [1.165, 1.54) is 0 Å². The van der Waals surface area contributed by atoms with E-state index in [9.17, 15) is 4.79 Å². The van der Waals surface area contributed by atoms with E-state index in [1.54, 1.807) is 45.4 Å². The molecule has 0 unspecified atom stereocenters. The van der Waals surface area contributed by atoms with Gasteiger partial charge < -0.3 is 19.2 Å². The van der Waals surface area contributed by atoms with Gasteiger partial charge in [0.15, 0.2) is 5.76 Å². The predicted molar refractivity (Wildman–Crippen MR) is 74.2 cm³/mol. The predicted octanol–water partition coefficient (Wildman–Crippen LogP) is 2.54. The Kier molecular flexibility index (Phi) is 4.30. The molecule has 0 radical (unpaired) electrons. The van der Waals surface area contributed by atoms with E-state index in [-0.39, 0.29) is 5.91 Å². The summed E-state index contributed by atoms with van der Waals surface area (Å²) in [5.74, 6) is 2.15. The van der Waals surface area contributed by atoms with E-state index in [0.717, 1.165) is 5.56 Å². The van der Waals surface area contributed by atoms with Crippen LogP contribution in [0.25, 0.3) is 0 Å². The fourth-order valence-electron chi connectivity index (χ4n) is 1.84. The topological polar surface area (TPSA) is 60.7 Å². The van der Waals surface area contributed by atoms with Crippen LogP contribution in [0.2, 0.25) is 0 Å². The molecule has 2 rings (SSSR count). The minimum atomic E-state index is -0.261. The molecule has 1 aromatic heterocycles. The number of benzene rings is 1. The highest BCUT2D eigenvalue weighted by molar-refractivity contribution is 5.91. The van der Waals surface area contributed by atoms with Crippen LogP contribution in [0, 0.1) is 6.92 Å². The molecule has 1 aromatic carbocycles. The maximum absolute atomic E-state index is 11.9. The molecule has 1 amide bonds. The van der Waals surface area contributed by atoms with Gasteiger partial charge in [0.05, 0.1) is 14.2 Å². The largest absolute Gasteiger partial charge is 0.497 e. The zero-order chi connectivity index (χ0) is 14.5. The standard InChI is InChI=1S/C15H17NO4/c1-10-4-6-14(20-10)15(17)16-9-11-8-12(18-2)5-7-13(11)19-3/h4-8H,9H2,1-3H3,(H,16,17). The van der Waals surface area contributed by atoms with Crippen molar-refractivity contribution in [2.45, 2.75) is 13.5 Å². The van der Waals surface area contributed by atoms with Crippen molar-refractivity contribution >= 4 is 5.91 Å². The Hall–Kier alpha value is -2.43. The van der Waals surface area contributed by atoms with Gasteiger partial charge in [-0.2, -0.15) is 0 Å². The third-order valence-electron chi connectivity index (χ3n) is 2.89. The quantitative estimate of drug-likeness (QED) is 0.911. The lowest BCUT2D eigenvalue weighted by molar-refractivity contribution is 0.0921. The number of hydrogen-bond donors (Lipinski definition) is 1. The van der Waals surface area contributed by atoms with Gasteiger partial charge in [-0.25, -0.2) is 0 Å². The monoisotopic (exact) mass is 275 g/mol. The number of amides is 1. The highest BCUT2D eigenvalue weighted by atomic mass is 16.5. The van der Waals surface area contributed by atoms with Crippen molar-refractivity contribution < 1.29 is 18.7 Å². The molecule has 0 spiro atoms. The second-order valence-corrected chi connectivity index (χ2v) is 4.27. The number of carbonyl (C=O) groups is 1. The van der Waals surface area contributed by atoms with Crippen LogP contribution in [0.4, 0.5) is 0 Å². The first-order valence-corrected chi connectivity index (χ1v) is 6.19. The van der Waals surface area contributed by atoms with Crippen molar-refractivity contribution in [2.24, 2.45) is 0 Å². The maximum Gasteiger partial charge on any atom is 0.287 e. The van der Waals surface area contributed by atoms with Crippen molar-refractivity contribution in [3.05, 3.63) is 47.4 Å². The molecule has 0 aliphatic carbocycles. The summed E-state index contributed by atoms with van der Waals surface area (Å²) in [6, 6.07) is 8.83. The van der Waals surface area contributed by atoms with E-state index in [0.29, 0.717) is 29.6 Å². The molecule has 20 heavy (non-hydrogen) atoms. The van der Waals surface area contributed by atoms with Crippen molar-refractivity contribution in [1.29, 1.82) is 0 Å². The fraction of sp³-hybridized carbons (Fsp3) is 0.267. The van der Waals surface area contributed by atoms with Crippen molar-refractivity contribution in [1.82, 2.24) is 5.32 Å². The Morgan fingerprint density at radius 1 is 1.20 bits per heavy atom. The highest BCUT2D eigenvalue weighted by Crippen LogP contribution is 2.23. The molecule has 0 aliphatic rings. The van der Waals surface area contributed by atoms with Gasteiger partial charge in [-0.05, 0) is 37.3 Å². The summed E-state index contributed by atoms with van der Waals surface area (Å²) in [5.41, 5.74) is 0.837. The minimum absolute atomic E-state index is 0.261. The Labute approximate surface area is 117 Å². The number of hydrogen-bond acceptors (Lipinski definition) is 4. The van der Waals surface area contributed by atoms with Gasteiger partial charge in [-0.15, -0.1) is 0 Å². The zero-order valence-electron chi connectivity index (χ0n) is 11.7. The summed E-state index contributed by atoms with van der Waals surface area (Å²) in [6.07, 6.45) is 0. The van der Waals surface area contributed by atoms with Gasteiger partial charge in [0.2, 0.25) is 0 Å². The first-order chi connectivity index (χ1) is 9.63. The first-order valence-electron chi connectivity index (χ1n) is 6.19. The maximum atomic E-state index is 11.9. The summed E-state index contributed by atoms with van der Waals surface area (Å²) in [5, 5.41) is 2.79. The average Bonchev–Trinajstić information content (AvgIpc) is 2.91. The smallest absolute Gasteiger partial charge is 0.287 e. The summed E-state index contributed by atoms with van der Waals surface area (Å²) < 4.78 is 15.7. The van der Waals surface area contributed by atoms with Crippen LogP contribution in [0.3, 0.4) is 0 Å². The Bertz CT molecular complexity index is 604. The number of methoxy groups -OCH3 is 2. The third kappa shape index (κ3) is 3.12. The SMILES string of the molecule is COc1ccc(OC)c(CNC(=O)c2ccc(C)o2)c1. The van der Waals surface area contributed by atoms with E-state index >= 15 is 0 Å². The molecule has 5 heteroatoms. The minimum Gasteiger partial charge on any atom is -0.497 e. The molecule has 0 saturated heterocycles. The summed E-state index contributed by atoms with van der Waals surface area (Å²) in [7, 11) is 3.18. The summed E-state index contributed by atoms with van der Waals surface area (Å²) in [4.78, 5) is 11.9. The fourth-order valence-corrected chi connectivity index (χ4v) is 1.84. The van der Waals surface area contributed by atoms with E-state index in [4.69, 9.17) is 13.9 Å². The lowest BCUT2D eigenvalue weighted by atomic mass is 10.2. The zero-order valence-corrected chi connectivity index (χ0v) is 11.7. The molecule has 0 bridgehead atoms. The molecule has 1 heterocycles. The first kappa shape index (κ1) is 14.0. The molecule has 0 atom stereocenters. The van der Waals surface area contributed by atoms with Crippen molar-refractivity contribution in [3.8, 4) is 11.5 Å². The molecule has 106 valence electrons. The second kappa shape index (κ2) is 6.14. The molecular weight excluding hydrogens is 258 g/mol. The number of rotatable bonds is 5. The van der Waals surface area contributed by atoms with Gasteiger partial charge in [0.1, 0.15) is 17.3 Å². The van der Waals surface area contributed by atoms with Gasteiger partial charge in [0, 0.05) is 12.1 Å². The Balaban J connectivity index is 2.08. The van der Waals surface area contributed by atoms with Crippen molar-refractivity contribution in [3.63, 3.8) is 0 Å². The lowest BCUT2D eigenvalue weighted by Crippen LogP contribution is -2.22. The molecule has 0 aliphatic heterocycles. The van der Waals surface area contributed by atoms with Crippen molar-refractivity contribution in [2.75, 3.05) is 14.2 Å². The van der Waals surface area contributed by atoms with Crippen LogP contribution < -0.4 is 14.8 Å². The number of nitrogens with one attached hydrogen (secondary N) is 1. The Morgan fingerprint density at radius 3 is 2.60 bits per heavy atom. The lowest BCUT2D eigenvalue weighted by Gasteiger charge is -2.10. The van der Waals surface area contributed by atoms with Gasteiger partial charge >= 0.3 is 0 Å². The molecule has 0 saturated carbocycles. The normalized spacial score (nSPS) is 10.2. The highest BCUT2D eigenvalue weighted by Gasteiger charge is 2.11. The number of carbonyl (C=O) groups excluding carboxylic acids is 1. The van der Waals surface area contributed by atoms with E-state index in [1.807, 2.05) is 6.07 Å². The van der Waals surface area contributed by atoms with Crippen LogP contribution >= 0.6 is 0 Å². The van der Waals surface area contributed by atoms with Crippen LogP contribution in [-0.2, 0) is 6.54 Å². The van der Waals surface area contributed by atoms with E-state index in [2.05, 4.69) is 5.32 Å².